The molecule has 0 saturated heterocycles. The van der Waals surface area contributed by atoms with Gasteiger partial charge in [-0.2, -0.15) is 4.68 Å². The molecule has 1 N–H and O–H groups in total. The van der Waals surface area contributed by atoms with Crippen LogP contribution < -0.4 is 10.9 Å². The van der Waals surface area contributed by atoms with E-state index < -0.39 is 5.56 Å². The lowest BCUT2D eigenvalue weighted by Gasteiger charge is -2.06. The van der Waals surface area contributed by atoms with Crippen LogP contribution in [-0.2, 0) is 11.3 Å². The third kappa shape index (κ3) is 3.22. The monoisotopic (exact) mass is 381 g/mol. The molecule has 1 amide bonds. The molecule has 0 aliphatic carbocycles. The molecular weight excluding hydrogens is 366 g/mol. The molecule has 27 heavy (non-hydrogen) atoms. The fourth-order valence-corrected chi connectivity index (χ4v) is 3.13. The fourth-order valence-electron chi connectivity index (χ4n) is 2.59. The van der Waals surface area contributed by atoms with Crippen LogP contribution in [-0.4, -0.2) is 35.4 Å². The third-order valence-corrected chi connectivity index (χ3v) is 4.85. The zero-order valence-corrected chi connectivity index (χ0v) is 15.4. The first-order valence-corrected chi connectivity index (χ1v) is 8.99. The minimum atomic E-state index is -0.427. The van der Waals surface area contributed by atoms with Gasteiger partial charge in [-0.3, -0.25) is 14.2 Å². The van der Waals surface area contributed by atoms with Crippen molar-refractivity contribution in [3.63, 3.8) is 0 Å². The molecule has 1 aromatic carbocycles. The maximum Gasteiger partial charge on any atom is 0.284 e. The topological polar surface area (TPSA) is 108 Å². The van der Waals surface area contributed by atoms with Crippen molar-refractivity contribution in [2.45, 2.75) is 20.4 Å². The zero-order chi connectivity index (χ0) is 19.0. The zero-order valence-electron chi connectivity index (χ0n) is 14.6. The molecule has 0 bridgehead atoms. The van der Waals surface area contributed by atoms with E-state index in [0.29, 0.717) is 10.8 Å². The molecule has 0 unspecified atom stereocenters. The number of amides is 1. The molecule has 0 saturated carbocycles. The predicted octanol–water partition coefficient (Wildman–Crippen LogP) is 1.69. The second-order valence-corrected chi connectivity index (χ2v) is 6.90. The Labute approximate surface area is 157 Å². The molecule has 4 aromatic rings. The number of nitrogens with one attached hydrogen (secondary N) is 1. The van der Waals surface area contributed by atoms with Gasteiger partial charge in [0.05, 0.1) is 5.69 Å². The van der Waals surface area contributed by atoms with E-state index in [1.54, 1.807) is 11.6 Å². The van der Waals surface area contributed by atoms with E-state index in [1.165, 1.54) is 26.9 Å². The minimum absolute atomic E-state index is 0.109. The highest BCUT2D eigenvalue weighted by atomic mass is 32.1. The number of hydrogen-bond acceptors (Lipinski definition) is 7. The summed E-state index contributed by atoms with van der Waals surface area (Å²) in [5, 5.41) is 12.9. The molecule has 0 fully saturated rings. The van der Waals surface area contributed by atoms with Gasteiger partial charge >= 0.3 is 0 Å². The number of aryl methyl sites for hydroxylation is 2. The lowest BCUT2D eigenvalue weighted by atomic mass is 10.1. The van der Waals surface area contributed by atoms with Gasteiger partial charge in [0, 0.05) is 11.6 Å². The number of anilines is 1. The third-order valence-electron chi connectivity index (χ3n) is 4.16. The Bertz CT molecular complexity index is 1190. The van der Waals surface area contributed by atoms with E-state index >= 15 is 0 Å². The van der Waals surface area contributed by atoms with Crippen LogP contribution in [0, 0.1) is 13.8 Å². The Balaban J connectivity index is 1.66. The summed E-state index contributed by atoms with van der Waals surface area (Å²) < 4.78 is 2.72. The lowest BCUT2D eigenvalue weighted by Crippen LogP contribution is -2.28. The van der Waals surface area contributed by atoms with Gasteiger partial charge in [-0.05, 0) is 37.1 Å². The first-order chi connectivity index (χ1) is 13.0. The molecule has 3 aromatic heterocycles. The molecule has 0 aliphatic rings. The first kappa shape index (κ1) is 17.0. The van der Waals surface area contributed by atoms with E-state index in [-0.39, 0.29) is 18.0 Å². The Hall–Kier alpha value is -3.40. The number of thiazole rings is 1. The van der Waals surface area contributed by atoms with Crippen molar-refractivity contribution in [3.8, 4) is 5.69 Å². The number of carbonyl (C=O) groups excluding carboxylic acids is 1. The van der Waals surface area contributed by atoms with Gasteiger partial charge in [-0.25, -0.2) is 9.97 Å². The van der Waals surface area contributed by atoms with Crippen LogP contribution in [0.1, 0.15) is 11.1 Å². The number of nitrogens with zero attached hydrogens (tertiary/aromatic N) is 6. The number of rotatable bonds is 4. The number of aromatic nitrogens is 6. The molecule has 0 spiro atoms. The Morgan fingerprint density at radius 1 is 1.22 bits per heavy atom. The molecule has 0 aliphatic heterocycles. The number of hydrogen-bond donors (Lipinski definition) is 1. The lowest BCUT2D eigenvalue weighted by molar-refractivity contribution is -0.116. The number of benzene rings is 1. The normalized spacial score (nSPS) is 11.0. The van der Waals surface area contributed by atoms with Crippen molar-refractivity contribution in [3.05, 3.63) is 57.6 Å². The van der Waals surface area contributed by atoms with Crippen LogP contribution in [0.25, 0.3) is 16.9 Å². The molecule has 9 nitrogen and oxygen atoms in total. The first-order valence-electron chi connectivity index (χ1n) is 8.11. The number of fused-ring (bicyclic) bond motifs is 1. The second kappa shape index (κ2) is 6.72. The molecule has 10 heteroatoms. The highest BCUT2D eigenvalue weighted by Gasteiger charge is 2.15. The molecule has 3 heterocycles. The predicted molar refractivity (Wildman–Crippen MR) is 101 cm³/mol. The largest absolute Gasteiger partial charge is 0.300 e. The maximum absolute atomic E-state index is 12.6. The van der Waals surface area contributed by atoms with Gasteiger partial charge in [0.1, 0.15) is 12.9 Å². The van der Waals surface area contributed by atoms with Gasteiger partial charge in [0.2, 0.25) is 5.91 Å². The quantitative estimate of drug-likeness (QED) is 0.576. The fraction of sp³-hybridized carbons (Fsp3) is 0.176. The van der Waals surface area contributed by atoms with Gasteiger partial charge in [0.25, 0.3) is 5.56 Å². The molecular formula is C17H15N7O2S. The van der Waals surface area contributed by atoms with Crippen LogP contribution in [0.3, 0.4) is 0 Å². The van der Waals surface area contributed by atoms with Crippen LogP contribution in [0.5, 0.6) is 0 Å². The molecule has 0 atom stereocenters. The summed E-state index contributed by atoms with van der Waals surface area (Å²) in [6, 6.07) is 5.83. The highest BCUT2D eigenvalue weighted by Crippen LogP contribution is 2.16. The summed E-state index contributed by atoms with van der Waals surface area (Å²) in [6.07, 6.45) is 2.91. The van der Waals surface area contributed by atoms with Crippen LogP contribution in [0.4, 0.5) is 5.13 Å². The van der Waals surface area contributed by atoms with E-state index in [2.05, 4.69) is 25.6 Å². The van der Waals surface area contributed by atoms with E-state index in [4.69, 9.17) is 0 Å². The van der Waals surface area contributed by atoms with Crippen molar-refractivity contribution in [2.75, 3.05) is 5.32 Å². The van der Waals surface area contributed by atoms with Gasteiger partial charge in [0.15, 0.2) is 16.3 Å². The van der Waals surface area contributed by atoms with E-state index in [1.807, 2.05) is 32.0 Å². The molecule has 4 rings (SSSR count). The second-order valence-electron chi connectivity index (χ2n) is 6.01. The summed E-state index contributed by atoms with van der Waals surface area (Å²) in [4.78, 5) is 33.0. The van der Waals surface area contributed by atoms with Gasteiger partial charge < -0.3 is 5.32 Å². The molecule has 136 valence electrons. The summed E-state index contributed by atoms with van der Waals surface area (Å²) in [5.41, 5.74) is 3.06. The standard InChI is InChI=1S/C17H15N7O2S/c1-10-3-4-12(7-11(10)2)24-15-14(21-22-24)16(26)23(9-19-15)8-13(25)20-17-18-5-6-27-17/h3-7,9H,8H2,1-2H3,(H,18,20,25). The van der Waals surface area contributed by atoms with E-state index in [0.717, 1.165) is 16.8 Å². The van der Waals surface area contributed by atoms with Crippen LogP contribution in [0.2, 0.25) is 0 Å². The highest BCUT2D eigenvalue weighted by molar-refractivity contribution is 7.13. The Kier molecular flexibility index (Phi) is 4.24. The van der Waals surface area contributed by atoms with Crippen molar-refractivity contribution in [1.29, 1.82) is 0 Å². The summed E-state index contributed by atoms with van der Waals surface area (Å²) in [6.45, 7) is 3.84. The maximum atomic E-state index is 12.6. The Morgan fingerprint density at radius 3 is 2.81 bits per heavy atom. The smallest absolute Gasteiger partial charge is 0.284 e. The van der Waals surface area contributed by atoms with Crippen molar-refractivity contribution >= 4 is 33.5 Å². The average Bonchev–Trinajstić information content (AvgIpc) is 3.30. The number of carbonyl (C=O) groups is 1. The van der Waals surface area contributed by atoms with Crippen molar-refractivity contribution in [1.82, 2.24) is 29.5 Å². The minimum Gasteiger partial charge on any atom is -0.300 e. The average molecular weight is 381 g/mol. The van der Waals surface area contributed by atoms with Gasteiger partial charge in [-0.1, -0.05) is 11.3 Å². The molecule has 0 radical (unpaired) electrons. The van der Waals surface area contributed by atoms with Crippen LogP contribution >= 0.6 is 11.3 Å². The van der Waals surface area contributed by atoms with Crippen LogP contribution in [0.15, 0.2) is 40.9 Å². The van der Waals surface area contributed by atoms with Crippen molar-refractivity contribution < 1.29 is 4.79 Å². The van der Waals surface area contributed by atoms with Crippen molar-refractivity contribution in [2.24, 2.45) is 0 Å². The van der Waals surface area contributed by atoms with E-state index in [9.17, 15) is 9.59 Å². The summed E-state index contributed by atoms with van der Waals surface area (Å²) in [7, 11) is 0. The SMILES string of the molecule is Cc1ccc(-n2nnc3c(=O)n(CC(=O)Nc4nccs4)cnc32)cc1C. The van der Waals surface area contributed by atoms with Gasteiger partial charge in [-0.15, -0.1) is 16.4 Å². The summed E-state index contributed by atoms with van der Waals surface area (Å²) in [5.74, 6) is -0.366. The Morgan fingerprint density at radius 2 is 2.07 bits per heavy atom. The summed E-state index contributed by atoms with van der Waals surface area (Å²) >= 11 is 1.30.